The molecule has 0 aliphatic heterocycles. The Morgan fingerprint density at radius 3 is 1.73 bits per heavy atom. The maximum absolute atomic E-state index is 14.2. The first-order chi connectivity index (χ1) is 26.7. The van der Waals surface area contributed by atoms with Gasteiger partial charge >= 0.3 is 67.0 Å². The van der Waals surface area contributed by atoms with Crippen molar-refractivity contribution in [2.45, 2.75) is 79.2 Å². The van der Waals surface area contributed by atoms with Crippen LogP contribution in [-0.2, 0) is 14.1 Å². The summed E-state index contributed by atoms with van der Waals surface area (Å²) in [5.74, 6) is -72.4. The quantitative estimate of drug-likeness (QED) is 0.0328. The topological polar surface area (TPSA) is 168 Å². The number of carbonyl (C=O) groups is 1. The Morgan fingerprint density at radius 2 is 1.30 bits per heavy atom. The number of thiazole rings is 1. The minimum Gasteiger partial charge on any atom is -0.464 e. The average Bonchev–Trinajstić information content (AvgIpc) is 3.50. The number of benzene rings is 1. The van der Waals surface area contributed by atoms with E-state index in [9.17, 15) is 113 Å². The monoisotopic (exact) mass is 973 g/mol. The van der Waals surface area contributed by atoms with Crippen LogP contribution in [0.4, 0.5) is 99.9 Å². The summed E-state index contributed by atoms with van der Waals surface area (Å²) in [7, 11) is -5.39. The lowest BCUT2D eigenvalue weighted by Crippen LogP contribution is -2.75. The third-order valence-electron chi connectivity index (χ3n) is 7.68. The van der Waals surface area contributed by atoms with Gasteiger partial charge in [-0.3, -0.25) is 19.8 Å². The zero-order valence-corrected chi connectivity index (χ0v) is 31.0. The van der Waals surface area contributed by atoms with E-state index in [2.05, 4.69) is 19.9 Å². The second kappa shape index (κ2) is 17.2. The fraction of sp³-hybridized carbons (Fsp3) is 0.615. The van der Waals surface area contributed by atoms with Crippen LogP contribution in [0.1, 0.15) is 30.5 Å². The number of aliphatic hydroxyl groups is 1. The van der Waals surface area contributed by atoms with Gasteiger partial charge in [-0.15, -0.1) is 10.2 Å². The predicted octanol–water partition coefficient (Wildman–Crippen LogP) is 10.5. The molecule has 2 unspecified atom stereocenters. The molecule has 0 saturated heterocycles. The largest absolute Gasteiger partial charge is 0.539 e. The highest BCUT2D eigenvalue weighted by Crippen LogP contribution is 2.65. The van der Waals surface area contributed by atoms with Crippen LogP contribution in [0.2, 0.25) is 5.15 Å². The normalized spacial score (nSPS) is 15.8. The number of esters is 1. The molecule has 2 rings (SSSR count). The molecule has 342 valence electrons. The van der Waals surface area contributed by atoms with E-state index in [-0.39, 0.29) is 23.1 Å². The second-order valence-electron chi connectivity index (χ2n) is 11.6. The van der Waals surface area contributed by atoms with Gasteiger partial charge in [0.25, 0.3) is 0 Å². The van der Waals surface area contributed by atoms with E-state index in [4.69, 9.17) is 11.6 Å². The van der Waals surface area contributed by atoms with Gasteiger partial charge in [0, 0.05) is 18.7 Å². The Balaban J connectivity index is 2.12. The van der Waals surface area contributed by atoms with Crippen molar-refractivity contribution in [1.29, 1.82) is 0 Å². The highest BCUT2D eigenvalue weighted by molar-refractivity contribution is 7.52. The van der Waals surface area contributed by atoms with Crippen molar-refractivity contribution in [2.24, 2.45) is 10.2 Å². The van der Waals surface area contributed by atoms with Crippen molar-refractivity contribution < 1.29 is 112 Å². The zero-order valence-electron chi connectivity index (χ0n) is 28.5. The number of nitro groups is 1. The molecular weight excluding hydrogens is 954 g/mol. The highest BCUT2D eigenvalue weighted by atomic mass is 35.5. The van der Waals surface area contributed by atoms with Crippen LogP contribution in [0.15, 0.2) is 34.5 Å². The van der Waals surface area contributed by atoms with Crippen molar-refractivity contribution >= 4 is 52.9 Å². The number of nitrogens with zero attached hydrogens (tertiary/aromatic N) is 5. The Bertz CT molecular complexity index is 1950. The molecule has 0 aliphatic rings. The molecule has 1 aromatic heterocycles. The molecule has 0 amide bonds. The molecule has 0 saturated carbocycles. The van der Waals surface area contributed by atoms with Gasteiger partial charge in [-0.1, -0.05) is 22.9 Å². The van der Waals surface area contributed by atoms with Gasteiger partial charge in [0.05, 0.1) is 28.2 Å². The number of alkyl halides is 19. The predicted molar refractivity (Wildman–Crippen MR) is 163 cm³/mol. The summed E-state index contributed by atoms with van der Waals surface area (Å²) in [6.07, 6.45) is -13.2. The van der Waals surface area contributed by atoms with Gasteiger partial charge in [0.15, 0.2) is 0 Å². The number of anilines is 1. The lowest BCUT2D eigenvalue weighted by Gasteiger charge is -2.43. The molecule has 0 fully saturated rings. The van der Waals surface area contributed by atoms with Crippen molar-refractivity contribution in [2.75, 3.05) is 24.6 Å². The van der Waals surface area contributed by atoms with Crippen LogP contribution in [-0.4, -0.2) is 98.9 Å². The first-order valence-electron chi connectivity index (χ1n) is 15.1. The minimum absolute atomic E-state index is 0.0387. The number of hydrogen-bond donors (Lipinski definition) is 2. The van der Waals surface area contributed by atoms with E-state index >= 15 is 0 Å². The van der Waals surface area contributed by atoms with E-state index in [1.165, 1.54) is 36.1 Å². The smallest absolute Gasteiger partial charge is 0.464 e. The van der Waals surface area contributed by atoms with Crippen molar-refractivity contribution in [3.63, 3.8) is 0 Å². The third kappa shape index (κ3) is 9.20. The van der Waals surface area contributed by atoms with Crippen LogP contribution in [0.5, 0.6) is 0 Å². The van der Waals surface area contributed by atoms with Gasteiger partial charge in [0.1, 0.15) is 11.8 Å². The first-order valence-corrected chi connectivity index (χ1v) is 17.9. The summed E-state index contributed by atoms with van der Waals surface area (Å²) in [5.41, 5.74) is 0.303. The molecule has 2 atom stereocenters. The van der Waals surface area contributed by atoms with Gasteiger partial charge in [-0.2, -0.15) is 83.4 Å². The van der Waals surface area contributed by atoms with E-state index in [1.54, 1.807) is 0 Å². The molecule has 1 heterocycles. The van der Waals surface area contributed by atoms with E-state index in [0.29, 0.717) is 11.3 Å². The third-order valence-corrected chi connectivity index (χ3v) is 10.6. The average molecular weight is 974 g/mol. The van der Waals surface area contributed by atoms with Crippen LogP contribution >= 0.6 is 30.5 Å². The minimum atomic E-state index is -9.05. The highest BCUT2D eigenvalue weighted by Gasteiger charge is 2.96. The molecule has 2 aromatic rings. The lowest BCUT2D eigenvalue weighted by atomic mass is 9.86. The molecule has 0 radical (unpaired) electrons. The summed E-state index contributed by atoms with van der Waals surface area (Å²) in [6.45, 7) is 0.247. The lowest BCUT2D eigenvalue weighted by molar-refractivity contribution is -0.468. The number of rotatable bonds is 20. The Labute approximate surface area is 328 Å². The fourth-order valence-electron chi connectivity index (χ4n) is 4.20. The number of aliphatic hydroxyl groups excluding tert-OH is 1. The fourth-order valence-corrected chi connectivity index (χ4v) is 6.45. The van der Waals surface area contributed by atoms with Gasteiger partial charge in [0.2, 0.25) is 11.0 Å². The summed E-state index contributed by atoms with van der Waals surface area (Å²) < 4.78 is 271. The van der Waals surface area contributed by atoms with Crippen LogP contribution in [0.25, 0.3) is 0 Å². The standard InChI is InChI=1S/C26H20ClF19N5O7PS/c1-2-50(12-5-3-11(4-6-12)48-49-17-47-15(27)14(60-17)16(53)59(56,57)51(54)55)9-10-58-13(52)7-8-18(28,29)19(30,31)20(32,33)21(34,35)22(36,37)23(38,39)24(40,41)25(42,43)26(44,45)46/h3-6,16,53H,2,7-10H2,1H3,(H,56,57). The van der Waals surface area contributed by atoms with Gasteiger partial charge in [-0.25, -0.2) is 9.55 Å². The van der Waals surface area contributed by atoms with E-state index < -0.39 is 114 Å². The van der Waals surface area contributed by atoms with Crippen LogP contribution in [0.3, 0.4) is 0 Å². The van der Waals surface area contributed by atoms with Gasteiger partial charge in [-0.05, 0) is 31.2 Å². The molecule has 2 N–H and O–H groups in total. The molecule has 0 spiro atoms. The van der Waals surface area contributed by atoms with E-state index in [0.717, 1.165) is 0 Å². The van der Waals surface area contributed by atoms with Crippen molar-refractivity contribution in [1.82, 2.24) is 4.98 Å². The maximum atomic E-state index is 14.2. The van der Waals surface area contributed by atoms with Gasteiger partial charge < -0.3 is 14.7 Å². The Morgan fingerprint density at radius 1 is 0.850 bits per heavy atom. The SMILES string of the molecule is CCN(CCOC(=O)CCC(F)(F)C(F)(F)C(F)(F)C(F)(F)C(F)(F)C(F)(F)C(F)(F)C(F)(F)C(F)(F)F)c1ccc(N=Nc2nc(Cl)c(C(O)P(=O)(O)[N+](=O)[O-])s2)cc1. The Kier molecular flexibility index (Phi) is 15.0. The molecule has 60 heavy (non-hydrogen) atoms. The number of ether oxygens (including phenoxy) is 1. The summed E-state index contributed by atoms with van der Waals surface area (Å²) in [4.78, 5) is 36.4. The summed E-state index contributed by atoms with van der Waals surface area (Å²) in [5, 5.41) is 27.0. The summed E-state index contributed by atoms with van der Waals surface area (Å²) in [6, 6.07) is 5.14. The number of carbonyl (C=O) groups excluding carboxylic acids is 1. The molecule has 34 heteroatoms. The Hall–Kier alpha value is -3.77. The number of hydrogen-bond acceptors (Lipinski definition) is 11. The maximum Gasteiger partial charge on any atom is 0.539 e. The van der Waals surface area contributed by atoms with Crippen molar-refractivity contribution in [3.05, 3.63) is 44.4 Å². The second-order valence-corrected chi connectivity index (χ2v) is 15.0. The molecule has 0 aliphatic carbocycles. The molecule has 12 nitrogen and oxygen atoms in total. The molecule has 1 aromatic carbocycles. The van der Waals surface area contributed by atoms with Crippen molar-refractivity contribution in [3.8, 4) is 0 Å². The first kappa shape index (κ1) is 52.4. The molecular formula is C26H20ClF19N5O7PS. The number of aromatic nitrogens is 1. The zero-order chi connectivity index (χ0) is 47.1. The summed E-state index contributed by atoms with van der Waals surface area (Å²) >= 11 is 6.09. The van der Waals surface area contributed by atoms with E-state index in [1.807, 2.05) is 0 Å². The number of likely N-dealkylation sites (N-methyl/N-ethyl adjacent to an activating group) is 1. The van der Waals surface area contributed by atoms with Crippen LogP contribution in [0, 0.1) is 10.1 Å². The molecule has 0 bridgehead atoms. The number of azo groups is 1. The number of halogens is 20. The van der Waals surface area contributed by atoms with Crippen LogP contribution < -0.4 is 4.90 Å².